The molecule has 24 heavy (non-hydrogen) atoms. The maximum absolute atomic E-state index is 10.7. The number of aromatic nitrogens is 1. The maximum Gasteiger partial charge on any atom is 0.191 e. The minimum Gasteiger partial charge on any atom is -0.388 e. The summed E-state index contributed by atoms with van der Waals surface area (Å²) >= 11 is 1.68. The molecule has 0 aliphatic heterocycles. The lowest BCUT2D eigenvalue weighted by Gasteiger charge is -2.28. The molecule has 140 valence electrons. The van der Waals surface area contributed by atoms with Gasteiger partial charge in [0.15, 0.2) is 5.96 Å². The van der Waals surface area contributed by atoms with Crippen molar-refractivity contribution in [3.8, 4) is 0 Å². The topological polar surface area (TPSA) is 69.5 Å². The van der Waals surface area contributed by atoms with E-state index in [1.807, 2.05) is 6.92 Å². The average molecular weight is 468 g/mol. The van der Waals surface area contributed by atoms with Crippen molar-refractivity contribution in [2.45, 2.75) is 71.9 Å². The molecule has 1 aromatic rings. The summed E-state index contributed by atoms with van der Waals surface area (Å²) in [5.74, 6) is 0.740. The van der Waals surface area contributed by atoms with E-state index in [0.29, 0.717) is 13.1 Å². The number of guanidine groups is 1. The molecule has 7 heteroatoms. The molecule has 0 aliphatic carbocycles. The molecule has 0 unspecified atom stereocenters. The molecule has 0 atom stereocenters. The quantitative estimate of drug-likeness (QED) is 0.278. The van der Waals surface area contributed by atoms with Gasteiger partial charge in [0.2, 0.25) is 0 Å². The molecule has 0 spiro atoms. The predicted octanol–water partition coefficient (Wildman–Crippen LogP) is 3.71. The van der Waals surface area contributed by atoms with Crippen LogP contribution >= 0.6 is 35.3 Å². The molecule has 1 heterocycles. The fraction of sp³-hybridized carbons (Fsp3) is 0.765. The molecule has 0 radical (unpaired) electrons. The summed E-state index contributed by atoms with van der Waals surface area (Å²) in [4.78, 5) is 9.12. The molecule has 0 saturated heterocycles. The number of thiazole rings is 1. The zero-order valence-corrected chi connectivity index (χ0v) is 18.5. The Hall–Kier alpha value is -0.410. The zero-order chi connectivity index (χ0) is 17.1. The van der Waals surface area contributed by atoms with Gasteiger partial charge in [-0.2, -0.15) is 0 Å². The van der Waals surface area contributed by atoms with Crippen molar-refractivity contribution in [3.63, 3.8) is 0 Å². The van der Waals surface area contributed by atoms with Crippen LogP contribution in [0.3, 0.4) is 0 Å². The molecule has 1 aromatic heterocycles. The summed E-state index contributed by atoms with van der Waals surface area (Å²) < 4.78 is 0. The zero-order valence-electron chi connectivity index (χ0n) is 15.4. The minimum absolute atomic E-state index is 0. The fourth-order valence-electron chi connectivity index (χ4n) is 2.57. The fourth-order valence-corrected chi connectivity index (χ4v) is 3.30. The largest absolute Gasteiger partial charge is 0.388 e. The third-order valence-electron chi connectivity index (χ3n) is 3.66. The number of rotatable bonds is 10. The first-order chi connectivity index (χ1) is 11.1. The van der Waals surface area contributed by atoms with Gasteiger partial charge in [-0.15, -0.1) is 35.3 Å². The average Bonchev–Trinajstić information content (AvgIpc) is 2.99. The van der Waals surface area contributed by atoms with Gasteiger partial charge in [-0.3, -0.25) is 0 Å². The molecular weight excluding hydrogens is 435 g/mol. The third-order valence-corrected chi connectivity index (χ3v) is 4.70. The summed E-state index contributed by atoms with van der Waals surface area (Å²) in [5.41, 5.74) is 0.344. The van der Waals surface area contributed by atoms with Crippen LogP contribution in [0.1, 0.15) is 64.1 Å². The summed E-state index contributed by atoms with van der Waals surface area (Å²) in [5, 5.41) is 20.4. The van der Waals surface area contributed by atoms with Crippen molar-refractivity contribution in [2.24, 2.45) is 4.99 Å². The number of nitrogens with zero attached hydrogens (tertiary/aromatic N) is 2. The number of nitrogens with one attached hydrogen (secondary N) is 2. The normalized spacial score (nSPS) is 12.0. The lowest BCUT2D eigenvalue weighted by molar-refractivity contribution is 0.0257. The Labute approximate surface area is 167 Å². The Balaban J connectivity index is 0.00000529. The van der Waals surface area contributed by atoms with Crippen LogP contribution in [0.15, 0.2) is 10.4 Å². The van der Waals surface area contributed by atoms with Gasteiger partial charge in [0, 0.05) is 18.5 Å². The summed E-state index contributed by atoms with van der Waals surface area (Å²) in [7, 11) is 0. The lowest BCUT2D eigenvalue weighted by Crippen LogP contribution is -2.47. The van der Waals surface area contributed by atoms with Gasteiger partial charge in [-0.05, 0) is 26.2 Å². The molecule has 0 saturated carbocycles. The van der Waals surface area contributed by atoms with Crippen LogP contribution in [-0.2, 0) is 13.0 Å². The van der Waals surface area contributed by atoms with Crippen molar-refractivity contribution in [2.75, 3.05) is 13.1 Å². The molecule has 0 bridgehead atoms. The van der Waals surface area contributed by atoms with E-state index in [1.54, 1.807) is 11.3 Å². The smallest absolute Gasteiger partial charge is 0.191 e. The number of aryl methyl sites for hydroxylation is 1. The van der Waals surface area contributed by atoms with Crippen molar-refractivity contribution in [1.29, 1.82) is 0 Å². The highest BCUT2D eigenvalue weighted by atomic mass is 127. The van der Waals surface area contributed by atoms with E-state index >= 15 is 0 Å². The molecule has 0 amide bonds. The molecule has 0 aromatic carbocycles. The number of halogens is 1. The molecular formula is C17H33IN4OS. The minimum atomic E-state index is -0.657. The second-order valence-electron chi connectivity index (χ2n) is 5.86. The highest BCUT2D eigenvalue weighted by Crippen LogP contribution is 2.18. The van der Waals surface area contributed by atoms with E-state index in [-0.39, 0.29) is 24.0 Å². The Morgan fingerprint density at radius 3 is 2.38 bits per heavy atom. The van der Waals surface area contributed by atoms with Gasteiger partial charge in [-0.1, -0.05) is 33.6 Å². The van der Waals surface area contributed by atoms with Crippen LogP contribution in [0, 0.1) is 0 Å². The Bertz CT molecular complexity index is 473. The molecule has 3 N–H and O–H groups in total. The van der Waals surface area contributed by atoms with Gasteiger partial charge in [-0.25, -0.2) is 9.98 Å². The van der Waals surface area contributed by atoms with Crippen molar-refractivity contribution >= 4 is 41.3 Å². The van der Waals surface area contributed by atoms with Crippen LogP contribution in [0.25, 0.3) is 0 Å². The Morgan fingerprint density at radius 1 is 1.21 bits per heavy atom. The predicted molar refractivity (Wildman–Crippen MR) is 114 cm³/mol. The number of hydrogen-bond donors (Lipinski definition) is 3. The third kappa shape index (κ3) is 8.62. The van der Waals surface area contributed by atoms with Crippen LogP contribution in [0.5, 0.6) is 0 Å². The standard InChI is InChI=1S/C17H32N4OS.HI/c1-5-9-17(22,10-6-2)13-20-16(18-8-4)19-11-14-12-23-15(7-3)21-14;/h12,22H,5-11,13H2,1-4H3,(H2,18,19,20);1H. The summed E-state index contributed by atoms with van der Waals surface area (Å²) in [6.45, 7) is 10.2. The van der Waals surface area contributed by atoms with Gasteiger partial charge in [0.05, 0.1) is 22.8 Å². The van der Waals surface area contributed by atoms with E-state index in [4.69, 9.17) is 0 Å². The van der Waals surface area contributed by atoms with Crippen LogP contribution in [0.2, 0.25) is 0 Å². The number of aliphatic hydroxyl groups is 1. The van der Waals surface area contributed by atoms with Crippen LogP contribution in [0.4, 0.5) is 0 Å². The highest BCUT2D eigenvalue weighted by molar-refractivity contribution is 14.0. The maximum atomic E-state index is 10.7. The summed E-state index contributed by atoms with van der Waals surface area (Å²) in [6.07, 6.45) is 4.53. The van der Waals surface area contributed by atoms with Gasteiger partial charge in [0.1, 0.15) is 0 Å². The Kier molecular flexibility index (Phi) is 12.7. The molecule has 5 nitrogen and oxygen atoms in total. The molecule has 1 rings (SSSR count). The second-order valence-corrected chi connectivity index (χ2v) is 6.80. The summed E-state index contributed by atoms with van der Waals surface area (Å²) in [6, 6.07) is 0. The first-order valence-electron chi connectivity index (χ1n) is 8.74. The molecule has 0 fully saturated rings. The van der Waals surface area contributed by atoms with Crippen molar-refractivity contribution < 1.29 is 5.11 Å². The van der Waals surface area contributed by atoms with Gasteiger partial charge in [0.25, 0.3) is 0 Å². The first-order valence-corrected chi connectivity index (χ1v) is 9.62. The Morgan fingerprint density at radius 2 is 1.88 bits per heavy atom. The van der Waals surface area contributed by atoms with Gasteiger partial charge >= 0.3 is 0 Å². The van der Waals surface area contributed by atoms with Crippen molar-refractivity contribution in [1.82, 2.24) is 15.6 Å². The van der Waals surface area contributed by atoms with E-state index in [0.717, 1.165) is 55.3 Å². The number of hydrogen-bond acceptors (Lipinski definition) is 4. The van der Waals surface area contributed by atoms with E-state index < -0.39 is 5.60 Å². The van der Waals surface area contributed by atoms with E-state index in [9.17, 15) is 5.11 Å². The van der Waals surface area contributed by atoms with Crippen LogP contribution < -0.4 is 10.6 Å². The second kappa shape index (κ2) is 12.9. The highest BCUT2D eigenvalue weighted by Gasteiger charge is 2.24. The molecule has 0 aliphatic rings. The van der Waals surface area contributed by atoms with Gasteiger partial charge < -0.3 is 15.7 Å². The van der Waals surface area contributed by atoms with Crippen molar-refractivity contribution in [3.05, 3.63) is 16.1 Å². The lowest BCUT2D eigenvalue weighted by atomic mass is 9.93. The monoisotopic (exact) mass is 468 g/mol. The first kappa shape index (κ1) is 23.6. The SMILES string of the molecule is CCCC(O)(CCC)CNC(=NCc1csc(CC)n1)NCC.I. The van der Waals surface area contributed by atoms with E-state index in [2.05, 4.69) is 46.8 Å². The number of aliphatic imine (C=N–C) groups is 1. The van der Waals surface area contributed by atoms with E-state index in [1.165, 1.54) is 0 Å². The van der Waals surface area contributed by atoms with Crippen LogP contribution in [-0.4, -0.2) is 34.7 Å².